The molecule has 2 heterocycles. The third kappa shape index (κ3) is 3.37. The van der Waals surface area contributed by atoms with Crippen molar-refractivity contribution in [2.75, 3.05) is 13.1 Å². The van der Waals surface area contributed by atoms with Crippen LogP contribution >= 0.6 is 0 Å². The van der Waals surface area contributed by atoms with Gasteiger partial charge in [0.1, 0.15) is 6.26 Å². The van der Waals surface area contributed by atoms with Crippen molar-refractivity contribution in [2.24, 2.45) is 5.73 Å². The topological polar surface area (TPSA) is 84.4 Å². The first-order chi connectivity index (χ1) is 9.51. The van der Waals surface area contributed by atoms with E-state index < -0.39 is 0 Å². The van der Waals surface area contributed by atoms with Gasteiger partial charge < -0.3 is 15.5 Å². The molecule has 2 rings (SSSR count). The number of nitrogens with one attached hydrogen (secondary N) is 1. The Morgan fingerprint density at radius 3 is 3.00 bits per heavy atom. The number of likely N-dealkylation sites (tertiary alicyclic amines) is 1. The van der Waals surface area contributed by atoms with E-state index in [9.17, 15) is 4.79 Å². The average molecular weight is 280 g/mol. The first kappa shape index (κ1) is 15.0. The van der Waals surface area contributed by atoms with E-state index >= 15 is 0 Å². The molecule has 0 radical (unpaired) electrons. The molecule has 0 bridgehead atoms. The molecule has 0 spiro atoms. The molecule has 6 nitrogen and oxygen atoms in total. The van der Waals surface area contributed by atoms with Crippen LogP contribution in [0.3, 0.4) is 0 Å². The van der Waals surface area contributed by atoms with Crippen molar-refractivity contribution in [3.63, 3.8) is 0 Å². The Balaban J connectivity index is 2.03. The van der Waals surface area contributed by atoms with Crippen LogP contribution in [-0.4, -0.2) is 41.0 Å². The number of aromatic nitrogens is 1. The number of oxazole rings is 1. The summed E-state index contributed by atoms with van der Waals surface area (Å²) in [5, 5.41) is 2.87. The highest BCUT2D eigenvalue weighted by Gasteiger charge is 2.35. The first-order valence-corrected chi connectivity index (χ1v) is 7.22. The SMILES string of the molecule is CCNC(=O)[C@@H]1C[C@H](N)CN1Cc1coc(C(C)C)n1. The van der Waals surface area contributed by atoms with Crippen LogP contribution in [0, 0.1) is 0 Å². The summed E-state index contributed by atoms with van der Waals surface area (Å²) in [6.07, 6.45) is 2.37. The molecule has 0 aromatic carbocycles. The standard InChI is InChI=1S/C14H24N4O2/c1-4-16-13(19)12-5-10(15)6-18(12)7-11-8-20-14(17-11)9(2)3/h8-10,12H,4-7,15H2,1-3H3,(H,16,19)/t10-,12-/m0/s1. The molecule has 1 aromatic rings. The van der Waals surface area contributed by atoms with Crippen LogP contribution in [0.5, 0.6) is 0 Å². The average Bonchev–Trinajstić information content (AvgIpc) is 2.97. The smallest absolute Gasteiger partial charge is 0.237 e. The van der Waals surface area contributed by atoms with Crippen molar-refractivity contribution in [1.82, 2.24) is 15.2 Å². The summed E-state index contributed by atoms with van der Waals surface area (Å²) in [6.45, 7) is 7.96. The molecule has 1 fully saturated rings. The summed E-state index contributed by atoms with van der Waals surface area (Å²) in [7, 11) is 0. The van der Waals surface area contributed by atoms with Gasteiger partial charge in [-0.25, -0.2) is 4.98 Å². The number of carbonyl (C=O) groups is 1. The Kier molecular flexibility index (Phi) is 4.77. The van der Waals surface area contributed by atoms with Gasteiger partial charge in [0.25, 0.3) is 0 Å². The lowest BCUT2D eigenvalue weighted by Gasteiger charge is -2.22. The third-order valence-corrected chi connectivity index (χ3v) is 3.52. The summed E-state index contributed by atoms with van der Waals surface area (Å²) < 4.78 is 5.44. The van der Waals surface area contributed by atoms with E-state index in [1.807, 2.05) is 20.8 Å². The monoisotopic (exact) mass is 280 g/mol. The third-order valence-electron chi connectivity index (χ3n) is 3.52. The molecule has 1 amide bonds. The van der Waals surface area contributed by atoms with E-state index in [1.54, 1.807) is 6.26 Å². The predicted octanol–water partition coefficient (Wildman–Crippen LogP) is 0.836. The zero-order valence-electron chi connectivity index (χ0n) is 12.4. The molecule has 0 aliphatic carbocycles. The quantitative estimate of drug-likeness (QED) is 0.835. The number of amides is 1. The molecule has 2 atom stereocenters. The summed E-state index contributed by atoms with van der Waals surface area (Å²) >= 11 is 0. The number of carbonyl (C=O) groups excluding carboxylic acids is 1. The van der Waals surface area contributed by atoms with Gasteiger partial charge in [-0.1, -0.05) is 13.8 Å². The summed E-state index contributed by atoms with van der Waals surface area (Å²) in [6, 6.07) is -0.122. The molecule has 1 aliphatic rings. The Hall–Kier alpha value is -1.40. The Labute approximate surface area is 119 Å². The lowest BCUT2D eigenvalue weighted by Crippen LogP contribution is -2.42. The van der Waals surface area contributed by atoms with Crippen LogP contribution < -0.4 is 11.1 Å². The first-order valence-electron chi connectivity index (χ1n) is 7.22. The minimum Gasteiger partial charge on any atom is -0.448 e. The molecule has 0 saturated carbocycles. The van der Waals surface area contributed by atoms with Gasteiger partial charge in [0.2, 0.25) is 5.91 Å². The van der Waals surface area contributed by atoms with Crippen LogP contribution in [0.1, 0.15) is 44.7 Å². The molecule has 0 unspecified atom stereocenters. The van der Waals surface area contributed by atoms with Crippen LogP contribution in [0.25, 0.3) is 0 Å². The van der Waals surface area contributed by atoms with E-state index in [0.29, 0.717) is 26.1 Å². The van der Waals surface area contributed by atoms with Gasteiger partial charge in [0.05, 0.1) is 11.7 Å². The number of hydrogen-bond donors (Lipinski definition) is 2. The molecular formula is C14H24N4O2. The maximum atomic E-state index is 12.1. The molecule has 1 saturated heterocycles. The van der Waals surface area contributed by atoms with Crippen molar-refractivity contribution in [3.8, 4) is 0 Å². The van der Waals surface area contributed by atoms with E-state index in [0.717, 1.165) is 11.6 Å². The number of hydrogen-bond acceptors (Lipinski definition) is 5. The summed E-state index contributed by atoms with van der Waals surface area (Å²) in [5.41, 5.74) is 6.85. The lowest BCUT2D eigenvalue weighted by atomic mass is 10.1. The Bertz CT molecular complexity index is 458. The van der Waals surface area contributed by atoms with Gasteiger partial charge in [0.15, 0.2) is 5.89 Å². The maximum absolute atomic E-state index is 12.1. The number of nitrogens with zero attached hydrogens (tertiary/aromatic N) is 2. The highest BCUT2D eigenvalue weighted by atomic mass is 16.3. The largest absolute Gasteiger partial charge is 0.448 e. The van der Waals surface area contributed by atoms with E-state index in [2.05, 4.69) is 15.2 Å². The number of rotatable bonds is 5. The van der Waals surface area contributed by atoms with Gasteiger partial charge in [-0.05, 0) is 13.3 Å². The van der Waals surface area contributed by atoms with Crippen molar-refractivity contribution in [3.05, 3.63) is 17.8 Å². The lowest BCUT2D eigenvalue weighted by molar-refractivity contribution is -0.125. The summed E-state index contributed by atoms with van der Waals surface area (Å²) in [4.78, 5) is 18.6. The normalized spacial score (nSPS) is 23.4. The molecule has 3 N–H and O–H groups in total. The minimum absolute atomic E-state index is 0.0408. The fraction of sp³-hybridized carbons (Fsp3) is 0.714. The molecule has 6 heteroatoms. The Morgan fingerprint density at radius 1 is 1.65 bits per heavy atom. The van der Waals surface area contributed by atoms with Gasteiger partial charge in [-0.15, -0.1) is 0 Å². The summed E-state index contributed by atoms with van der Waals surface area (Å²) in [5.74, 6) is 1.05. The van der Waals surface area contributed by atoms with Crippen molar-refractivity contribution in [1.29, 1.82) is 0 Å². The molecule has 1 aromatic heterocycles. The fourth-order valence-electron chi connectivity index (χ4n) is 2.55. The van der Waals surface area contributed by atoms with Crippen LogP contribution in [-0.2, 0) is 11.3 Å². The Morgan fingerprint density at radius 2 is 2.40 bits per heavy atom. The molecule has 1 aliphatic heterocycles. The van der Waals surface area contributed by atoms with E-state index in [4.69, 9.17) is 10.2 Å². The van der Waals surface area contributed by atoms with Crippen LogP contribution in [0.4, 0.5) is 0 Å². The second-order valence-electron chi connectivity index (χ2n) is 5.67. The van der Waals surface area contributed by atoms with Crippen LogP contribution in [0.2, 0.25) is 0 Å². The van der Waals surface area contributed by atoms with Gasteiger partial charge in [-0.3, -0.25) is 9.69 Å². The predicted molar refractivity (Wildman–Crippen MR) is 76.1 cm³/mol. The van der Waals surface area contributed by atoms with Gasteiger partial charge in [0, 0.05) is 31.6 Å². The van der Waals surface area contributed by atoms with E-state index in [-0.39, 0.29) is 23.9 Å². The zero-order chi connectivity index (χ0) is 14.7. The number of nitrogens with two attached hydrogens (primary N) is 1. The van der Waals surface area contributed by atoms with E-state index in [1.165, 1.54) is 0 Å². The zero-order valence-corrected chi connectivity index (χ0v) is 12.4. The number of likely N-dealkylation sites (N-methyl/N-ethyl adjacent to an activating group) is 1. The maximum Gasteiger partial charge on any atom is 0.237 e. The van der Waals surface area contributed by atoms with Gasteiger partial charge >= 0.3 is 0 Å². The molecule has 112 valence electrons. The molecule has 20 heavy (non-hydrogen) atoms. The highest BCUT2D eigenvalue weighted by Crippen LogP contribution is 2.21. The van der Waals surface area contributed by atoms with Crippen LogP contribution in [0.15, 0.2) is 10.7 Å². The minimum atomic E-state index is -0.163. The molecular weight excluding hydrogens is 256 g/mol. The van der Waals surface area contributed by atoms with Gasteiger partial charge in [-0.2, -0.15) is 0 Å². The van der Waals surface area contributed by atoms with Crippen molar-refractivity contribution >= 4 is 5.91 Å². The second-order valence-corrected chi connectivity index (χ2v) is 5.67. The van der Waals surface area contributed by atoms with Crippen molar-refractivity contribution in [2.45, 2.75) is 51.7 Å². The second kappa shape index (κ2) is 6.37. The fourth-order valence-corrected chi connectivity index (χ4v) is 2.55. The van der Waals surface area contributed by atoms with Crippen molar-refractivity contribution < 1.29 is 9.21 Å². The highest BCUT2D eigenvalue weighted by molar-refractivity contribution is 5.82.